The molecular weight excluding hydrogens is 218 g/mol. The van der Waals surface area contributed by atoms with Gasteiger partial charge in [0.25, 0.3) is 0 Å². The second kappa shape index (κ2) is 4.13. The van der Waals surface area contributed by atoms with E-state index < -0.39 is 0 Å². The minimum absolute atomic E-state index is 0.0696. The van der Waals surface area contributed by atoms with E-state index in [1.165, 1.54) is 0 Å². The maximum Gasteiger partial charge on any atom is 0.160 e. The van der Waals surface area contributed by atoms with Gasteiger partial charge in [-0.2, -0.15) is 0 Å². The number of benzene rings is 1. The van der Waals surface area contributed by atoms with Gasteiger partial charge in [-0.15, -0.1) is 0 Å². The number of anilines is 1. The van der Waals surface area contributed by atoms with Crippen molar-refractivity contribution in [1.82, 2.24) is 0 Å². The highest BCUT2D eigenvalue weighted by molar-refractivity contribution is 6.03. The molecule has 0 fully saturated rings. The average Bonchev–Trinajstić information content (AvgIpc) is 2.28. The van der Waals surface area contributed by atoms with Gasteiger partial charge >= 0.3 is 0 Å². The van der Waals surface area contributed by atoms with Crippen LogP contribution < -0.4 is 15.2 Å². The standard InChI is InChI=1S/C13H15NO3/c1-7-4-8(15)5-9-11(16-2)6-10(14)13(17-3)12(7)9/h4,6H,5,14H2,1-3H3. The van der Waals surface area contributed by atoms with Crippen molar-refractivity contribution in [2.75, 3.05) is 20.0 Å². The first-order valence-corrected chi connectivity index (χ1v) is 5.33. The van der Waals surface area contributed by atoms with Crippen molar-refractivity contribution in [1.29, 1.82) is 0 Å². The molecule has 0 aromatic heterocycles. The van der Waals surface area contributed by atoms with E-state index >= 15 is 0 Å². The van der Waals surface area contributed by atoms with Crippen LogP contribution in [0.4, 0.5) is 5.69 Å². The van der Waals surface area contributed by atoms with Crippen molar-refractivity contribution in [2.45, 2.75) is 13.3 Å². The van der Waals surface area contributed by atoms with Crippen molar-refractivity contribution in [3.05, 3.63) is 23.3 Å². The monoisotopic (exact) mass is 233 g/mol. The van der Waals surface area contributed by atoms with Gasteiger partial charge < -0.3 is 15.2 Å². The van der Waals surface area contributed by atoms with Crippen LogP contribution in [0.2, 0.25) is 0 Å². The number of ketones is 1. The van der Waals surface area contributed by atoms with Crippen LogP contribution in [-0.4, -0.2) is 20.0 Å². The highest BCUT2D eigenvalue weighted by Gasteiger charge is 2.24. The Hall–Kier alpha value is -1.97. The zero-order valence-corrected chi connectivity index (χ0v) is 10.2. The summed E-state index contributed by atoms with van der Waals surface area (Å²) in [5.41, 5.74) is 9.02. The quantitative estimate of drug-likeness (QED) is 0.791. The zero-order chi connectivity index (χ0) is 12.6. The van der Waals surface area contributed by atoms with Gasteiger partial charge in [0.1, 0.15) is 11.5 Å². The first-order chi connectivity index (χ1) is 8.08. The van der Waals surface area contributed by atoms with Crippen molar-refractivity contribution in [3.63, 3.8) is 0 Å². The molecule has 2 rings (SSSR count). The van der Waals surface area contributed by atoms with E-state index in [0.717, 1.165) is 16.7 Å². The molecule has 0 atom stereocenters. The fourth-order valence-electron chi connectivity index (χ4n) is 2.23. The van der Waals surface area contributed by atoms with E-state index in [-0.39, 0.29) is 5.78 Å². The average molecular weight is 233 g/mol. The molecule has 2 N–H and O–H groups in total. The molecule has 1 aromatic rings. The SMILES string of the molecule is COc1cc(N)c(OC)c2c1CC(=O)C=C2C. The summed E-state index contributed by atoms with van der Waals surface area (Å²) < 4.78 is 10.6. The number of allylic oxidation sites excluding steroid dienone is 2. The lowest BCUT2D eigenvalue weighted by Gasteiger charge is -2.21. The van der Waals surface area contributed by atoms with Crippen LogP contribution in [-0.2, 0) is 11.2 Å². The summed E-state index contributed by atoms with van der Waals surface area (Å²) in [6, 6.07) is 1.70. The minimum atomic E-state index is 0.0696. The maximum atomic E-state index is 11.6. The Morgan fingerprint density at radius 3 is 2.59 bits per heavy atom. The fraction of sp³-hybridized carbons (Fsp3) is 0.308. The molecule has 0 bridgehead atoms. The van der Waals surface area contributed by atoms with Gasteiger partial charge in [0, 0.05) is 23.6 Å². The third kappa shape index (κ3) is 1.75. The van der Waals surface area contributed by atoms with Crippen LogP contribution in [0.3, 0.4) is 0 Å². The van der Waals surface area contributed by atoms with Crippen molar-refractivity contribution in [2.24, 2.45) is 0 Å². The summed E-state index contributed by atoms with van der Waals surface area (Å²) in [7, 11) is 3.14. The number of methoxy groups -OCH3 is 2. The van der Waals surface area contributed by atoms with Crippen molar-refractivity contribution >= 4 is 17.0 Å². The summed E-state index contributed by atoms with van der Waals surface area (Å²) >= 11 is 0. The van der Waals surface area contributed by atoms with Gasteiger partial charge in [0.05, 0.1) is 19.9 Å². The molecule has 0 spiro atoms. The summed E-state index contributed by atoms with van der Waals surface area (Å²) in [5.74, 6) is 1.32. The lowest BCUT2D eigenvalue weighted by Crippen LogP contribution is -2.12. The maximum absolute atomic E-state index is 11.6. The highest BCUT2D eigenvalue weighted by atomic mass is 16.5. The van der Waals surface area contributed by atoms with E-state index in [9.17, 15) is 4.79 Å². The lowest BCUT2D eigenvalue weighted by molar-refractivity contribution is -0.114. The van der Waals surface area contributed by atoms with E-state index in [1.807, 2.05) is 6.92 Å². The van der Waals surface area contributed by atoms with Gasteiger partial charge in [-0.1, -0.05) is 0 Å². The van der Waals surface area contributed by atoms with Gasteiger partial charge in [0.15, 0.2) is 5.78 Å². The Kier molecular flexibility index (Phi) is 2.79. The largest absolute Gasteiger partial charge is 0.496 e. The molecule has 1 aromatic carbocycles. The number of carbonyl (C=O) groups excluding carboxylic acids is 1. The van der Waals surface area contributed by atoms with E-state index in [2.05, 4.69) is 0 Å². The first-order valence-electron chi connectivity index (χ1n) is 5.33. The molecule has 0 heterocycles. The molecule has 1 aliphatic carbocycles. The highest BCUT2D eigenvalue weighted by Crippen LogP contribution is 2.42. The van der Waals surface area contributed by atoms with Crippen LogP contribution in [0, 0.1) is 0 Å². The van der Waals surface area contributed by atoms with E-state index in [1.54, 1.807) is 26.4 Å². The number of nitrogen functional groups attached to an aromatic ring is 1. The van der Waals surface area contributed by atoms with Crippen molar-refractivity contribution in [3.8, 4) is 11.5 Å². The van der Waals surface area contributed by atoms with Crippen molar-refractivity contribution < 1.29 is 14.3 Å². The predicted octanol–water partition coefficient (Wildman–Crippen LogP) is 1.81. The normalized spacial score (nSPS) is 14.1. The molecule has 0 amide bonds. The third-order valence-corrected chi connectivity index (χ3v) is 2.92. The second-order valence-corrected chi connectivity index (χ2v) is 4.03. The first kappa shape index (κ1) is 11.5. The van der Waals surface area contributed by atoms with E-state index in [4.69, 9.17) is 15.2 Å². The van der Waals surface area contributed by atoms with Gasteiger partial charge in [0.2, 0.25) is 0 Å². The minimum Gasteiger partial charge on any atom is -0.496 e. The number of hydrogen-bond acceptors (Lipinski definition) is 4. The molecule has 90 valence electrons. The molecule has 4 nitrogen and oxygen atoms in total. The molecule has 1 aliphatic rings. The topological polar surface area (TPSA) is 61.6 Å². The number of carbonyl (C=O) groups is 1. The number of rotatable bonds is 2. The van der Waals surface area contributed by atoms with Crippen LogP contribution >= 0.6 is 0 Å². The number of nitrogens with two attached hydrogens (primary N) is 1. The molecule has 0 aliphatic heterocycles. The summed E-state index contributed by atoms with van der Waals surface area (Å²) in [6.45, 7) is 1.87. The molecule has 4 heteroatoms. The summed E-state index contributed by atoms with van der Waals surface area (Å²) in [5, 5.41) is 0. The number of ether oxygens (including phenoxy) is 2. The van der Waals surface area contributed by atoms with Gasteiger partial charge in [-0.05, 0) is 18.6 Å². The lowest BCUT2D eigenvalue weighted by atomic mass is 9.89. The Morgan fingerprint density at radius 1 is 1.29 bits per heavy atom. The van der Waals surface area contributed by atoms with Crippen LogP contribution in [0.25, 0.3) is 5.57 Å². The fourth-order valence-corrected chi connectivity index (χ4v) is 2.23. The van der Waals surface area contributed by atoms with Crippen LogP contribution in [0.15, 0.2) is 12.1 Å². The molecule has 17 heavy (non-hydrogen) atoms. The second-order valence-electron chi connectivity index (χ2n) is 4.03. The molecule has 0 saturated heterocycles. The third-order valence-electron chi connectivity index (χ3n) is 2.92. The zero-order valence-electron chi connectivity index (χ0n) is 10.2. The molecular formula is C13H15NO3. The Labute approximate surface area is 100 Å². The molecule has 0 saturated carbocycles. The Bertz CT molecular complexity index is 518. The molecule has 0 radical (unpaired) electrons. The Balaban J connectivity index is 2.77. The van der Waals surface area contributed by atoms with E-state index in [0.29, 0.717) is 23.6 Å². The summed E-state index contributed by atoms with van der Waals surface area (Å²) in [4.78, 5) is 11.6. The van der Waals surface area contributed by atoms with Gasteiger partial charge in [-0.3, -0.25) is 4.79 Å². The van der Waals surface area contributed by atoms with Crippen LogP contribution in [0.5, 0.6) is 11.5 Å². The van der Waals surface area contributed by atoms with Gasteiger partial charge in [-0.25, -0.2) is 0 Å². The summed E-state index contributed by atoms with van der Waals surface area (Å²) in [6.07, 6.45) is 1.94. The number of fused-ring (bicyclic) bond motifs is 1. The van der Waals surface area contributed by atoms with Crippen LogP contribution in [0.1, 0.15) is 18.1 Å². The smallest absolute Gasteiger partial charge is 0.160 e. The number of hydrogen-bond donors (Lipinski definition) is 1. The molecule has 0 unspecified atom stereocenters. The predicted molar refractivity (Wildman–Crippen MR) is 66.3 cm³/mol. The Morgan fingerprint density at radius 2 is 2.00 bits per heavy atom.